The number of anilines is 2. The van der Waals surface area contributed by atoms with Gasteiger partial charge in [-0.1, -0.05) is 23.7 Å². The number of aromatic amines is 1. The van der Waals surface area contributed by atoms with Crippen LogP contribution in [0.1, 0.15) is 42.3 Å². The van der Waals surface area contributed by atoms with Gasteiger partial charge in [-0.05, 0) is 45.4 Å². The number of nitrogens with one attached hydrogen (secondary N) is 2. The molecule has 0 radical (unpaired) electrons. The summed E-state index contributed by atoms with van der Waals surface area (Å²) in [6.45, 7) is 4.38. The van der Waals surface area contributed by atoms with Crippen molar-refractivity contribution in [2.24, 2.45) is 5.41 Å². The first-order valence-electron chi connectivity index (χ1n) is 11.4. The Hall–Kier alpha value is -3.55. The van der Waals surface area contributed by atoms with Gasteiger partial charge in [0.25, 0.3) is 0 Å². The van der Waals surface area contributed by atoms with E-state index < -0.39 is 23.0 Å². The van der Waals surface area contributed by atoms with Crippen molar-refractivity contribution in [3.8, 4) is 6.07 Å². The lowest BCUT2D eigenvalue weighted by Crippen LogP contribution is -2.49. The molecule has 0 unspecified atom stereocenters. The van der Waals surface area contributed by atoms with Crippen molar-refractivity contribution >= 4 is 29.2 Å². The molecule has 3 aromatic rings. The molecule has 36 heavy (non-hydrogen) atoms. The van der Waals surface area contributed by atoms with Gasteiger partial charge in [-0.3, -0.25) is 14.8 Å². The second-order valence-corrected chi connectivity index (χ2v) is 9.65. The molecule has 1 saturated heterocycles. The first kappa shape index (κ1) is 25.5. The van der Waals surface area contributed by atoms with E-state index in [4.69, 9.17) is 11.6 Å². The Morgan fingerprint density at radius 3 is 2.81 bits per heavy atom. The van der Waals surface area contributed by atoms with Crippen molar-refractivity contribution in [2.75, 3.05) is 11.9 Å². The average molecular weight is 515 g/mol. The van der Waals surface area contributed by atoms with Gasteiger partial charge in [-0.25, -0.2) is 13.8 Å². The average Bonchev–Trinajstić information content (AvgIpc) is 3.24. The Bertz CT molecular complexity index is 1340. The fourth-order valence-electron chi connectivity index (χ4n) is 4.72. The van der Waals surface area contributed by atoms with Gasteiger partial charge in [-0.2, -0.15) is 10.4 Å². The highest BCUT2D eigenvalue weighted by molar-refractivity contribution is 6.30. The zero-order valence-corrected chi connectivity index (χ0v) is 20.5. The zero-order chi connectivity index (χ0) is 26.0. The zero-order valence-electron chi connectivity index (χ0n) is 19.8. The molecular weight excluding hydrogens is 490 g/mol. The lowest BCUT2D eigenvalue weighted by atomic mass is 9.72. The van der Waals surface area contributed by atoms with Crippen LogP contribution in [0.15, 0.2) is 30.3 Å². The topological polar surface area (TPSA) is 118 Å². The maximum Gasteiger partial charge on any atom is 0.310 e. The molecule has 2 aromatic heterocycles. The van der Waals surface area contributed by atoms with Crippen LogP contribution in [0.3, 0.4) is 0 Å². The molecule has 0 saturated carbocycles. The maximum absolute atomic E-state index is 14.8. The Labute approximate surface area is 211 Å². The van der Waals surface area contributed by atoms with Gasteiger partial charge >= 0.3 is 5.97 Å². The number of pyridine rings is 1. The Morgan fingerprint density at radius 1 is 1.39 bits per heavy atom. The van der Waals surface area contributed by atoms with E-state index in [2.05, 4.69) is 20.5 Å². The van der Waals surface area contributed by atoms with Crippen molar-refractivity contribution in [3.63, 3.8) is 0 Å². The Morgan fingerprint density at radius 2 is 2.17 bits per heavy atom. The summed E-state index contributed by atoms with van der Waals surface area (Å²) in [5.41, 5.74) is 0.0580. The molecule has 3 heterocycles. The minimum atomic E-state index is -1.18. The van der Waals surface area contributed by atoms with Crippen LogP contribution in [0.25, 0.3) is 0 Å². The second-order valence-electron chi connectivity index (χ2n) is 9.25. The number of H-pyrrole nitrogens is 1. The molecule has 0 spiro atoms. The molecule has 0 amide bonds. The summed E-state index contributed by atoms with van der Waals surface area (Å²) in [6.07, 6.45) is 0.555. The summed E-state index contributed by atoms with van der Waals surface area (Å²) in [5.74, 6) is -2.18. The number of carbonyl (C=O) groups is 1. The first-order valence-corrected chi connectivity index (χ1v) is 11.8. The molecule has 1 aromatic carbocycles. The summed E-state index contributed by atoms with van der Waals surface area (Å²) >= 11 is 5.91. The number of carboxylic acids is 1. The number of likely N-dealkylation sites (tertiary alicyclic amines) is 1. The Kier molecular flexibility index (Phi) is 7.24. The molecule has 4 rings (SSSR count). The summed E-state index contributed by atoms with van der Waals surface area (Å²) < 4.78 is 29.2. The van der Waals surface area contributed by atoms with E-state index in [0.29, 0.717) is 24.5 Å². The van der Waals surface area contributed by atoms with Crippen molar-refractivity contribution in [1.29, 1.82) is 5.26 Å². The first-order chi connectivity index (χ1) is 17.1. The molecule has 3 N–H and O–H groups in total. The highest BCUT2D eigenvalue weighted by Crippen LogP contribution is 2.39. The van der Waals surface area contributed by atoms with Gasteiger partial charge in [0.05, 0.1) is 16.0 Å². The predicted molar refractivity (Wildman–Crippen MR) is 130 cm³/mol. The van der Waals surface area contributed by atoms with E-state index in [-0.39, 0.29) is 47.4 Å². The third kappa shape index (κ3) is 5.17. The SMILES string of the molecule is Cc1cc(Nc2nc(C[C@@]3(C(=O)O)CCN(Cc4cccc(Cl)c4F)[C@H](C)C3)cc(C#N)c2F)n[nH]1. The predicted octanol–water partition coefficient (Wildman–Crippen LogP) is 4.96. The lowest BCUT2D eigenvalue weighted by molar-refractivity contribution is -0.153. The molecule has 188 valence electrons. The van der Waals surface area contributed by atoms with Gasteiger partial charge in [0, 0.05) is 42.0 Å². The van der Waals surface area contributed by atoms with Crippen LogP contribution in [-0.2, 0) is 17.8 Å². The van der Waals surface area contributed by atoms with Gasteiger partial charge in [0.2, 0.25) is 0 Å². The van der Waals surface area contributed by atoms with Crippen LogP contribution >= 0.6 is 11.6 Å². The molecule has 1 aliphatic rings. The standard InChI is InChI=1S/C25H25ClF2N6O2/c1-14-8-20(33-32-14)31-23-22(28)17(12-29)9-18(30-23)11-25(24(35)36)6-7-34(15(2)10-25)13-16-4-3-5-19(26)21(16)27/h3-5,8-9,15H,6-7,10-11,13H2,1-2H3,(H,35,36)(H2,30,31,32,33)/t15-,25-/m1/s1. The summed E-state index contributed by atoms with van der Waals surface area (Å²) in [5, 5.41) is 29.2. The number of nitrogens with zero attached hydrogens (tertiary/aromatic N) is 4. The minimum Gasteiger partial charge on any atom is -0.481 e. The van der Waals surface area contributed by atoms with Crippen molar-refractivity contribution in [1.82, 2.24) is 20.1 Å². The summed E-state index contributed by atoms with van der Waals surface area (Å²) in [4.78, 5) is 18.8. The third-order valence-corrected chi connectivity index (χ3v) is 6.94. The quantitative estimate of drug-likeness (QED) is 0.408. The van der Waals surface area contributed by atoms with Crippen LogP contribution in [0, 0.1) is 35.3 Å². The summed E-state index contributed by atoms with van der Waals surface area (Å²) in [7, 11) is 0. The van der Waals surface area contributed by atoms with Crippen molar-refractivity contribution < 1.29 is 18.7 Å². The fourth-order valence-corrected chi connectivity index (χ4v) is 4.91. The van der Waals surface area contributed by atoms with E-state index in [9.17, 15) is 23.9 Å². The van der Waals surface area contributed by atoms with Gasteiger partial charge < -0.3 is 10.4 Å². The highest BCUT2D eigenvalue weighted by atomic mass is 35.5. The van der Waals surface area contributed by atoms with E-state index in [1.165, 1.54) is 12.1 Å². The molecule has 1 aliphatic heterocycles. The number of aromatic nitrogens is 3. The van der Waals surface area contributed by atoms with Crippen LogP contribution in [0.5, 0.6) is 0 Å². The normalized spacial score (nSPS) is 20.2. The van der Waals surface area contributed by atoms with Gasteiger partial charge in [0.15, 0.2) is 17.5 Å². The van der Waals surface area contributed by atoms with E-state index in [0.717, 1.165) is 5.69 Å². The number of aryl methyl sites for hydroxylation is 1. The number of piperidine rings is 1. The Balaban J connectivity index is 1.57. The molecule has 2 atom stereocenters. The smallest absolute Gasteiger partial charge is 0.310 e. The summed E-state index contributed by atoms with van der Waals surface area (Å²) in [6, 6.07) is 9.39. The molecule has 8 nitrogen and oxygen atoms in total. The molecule has 0 bridgehead atoms. The molecule has 11 heteroatoms. The number of hydrogen-bond donors (Lipinski definition) is 3. The molecular formula is C25H25ClF2N6O2. The van der Waals surface area contributed by atoms with Crippen LogP contribution in [-0.4, -0.2) is 43.7 Å². The van der Waals surface area contributed by atoms with E-state index >= 15 is 0 Å². The molecule has 0 aliphatic carbocycles. The van der Waals surface area contributed by atoms with Gasteiger partial charge in [-0.15, -0.1) is 0 Å². The number of carboxylic acid groups (broad SMARTS) is 1. The number of benzene rings is 1. The number of hydrogen-bond acceptors (Lipinski definition) is 6. The van der Waals surface area contributed by atoms with Crippen molar-refractivity contribution in [2.45, 2.75) is 45.7 Å². The number of rotatable bonds is 7. The molecule has 1 fully saturated rings. The van der Waals surface area contributed by atoms with Crippen molar-refractivity contribution in [3.05, 3.63) is 69.5 Å². The largest absolute Gasteiger partial charge is 0.481 e. The van der Waals surface area contributed by atoms with Gasteiger partial charge in [0.1, 0.15) is 11.9 Å². The highest BCUT2D eigenvalue weighted by Gasteiger charge is 2.45. The van der Waals surface area contributed by atoms with E-state index in [1.807, 2.05) is 17.9 Å². The number of halogens is 3. The number of nitriles is 1. The minimum absolute atomic E-state index is 0.00920. The fraction of sp³-hybridized carbons (Fsp3) is 0.360. The van der Waals surface area contributed by atoms with Crippen LogP contribution in [0.4, 0.5) is 20.4 Å². The third-order valence-electron chi connectivity index (χ3n) is 6.65. The monoisotopic (exact) mass is 514 g/mol. The maximum atomic E-state index is 14.8. The lowest BCUT2D eigenvalue weighted by Gasteiger charge is -2.43. The van der Waals surface area contributed by atoms with E-state index in [1.54, 1.807) is 25.1 Å². The second kappa shape index (κ2) is 10.2. The van der Waals surface area contributed by atoms with Crippen LogP contribution in [0.2, 0.25) is 5.02 Å². The van der Waals surface area contributed by atoms with Crippen LogP contribution < -0.4 is 5.32 Å². The number of aliphatic carboxylic acids is 1.